The maximum atomic E-state index is 12.6. The smallest absolute Gasteiger partial charge is 0.253 e. The molecule has 0 aromatic heterocycles. The molecular weight excluding hydrogens is 372 g/mol. The van der Waals surface area contributed by atoms with Crippen molar-refractivity contribution in [1.29, 1.82) is 0 Å². The predicted molar refractivity (Wildman–Crippen MR) is 110 cm³/mol. The molecule has 0 radical (unpaired) electrons. The highest BCUT2D eigenvalue weighted by Gasteiger charge is 2.28. The van der Waals surface area contributed by atoms with Crippen LogP contribution < -0.4 is 19.7 Å². The van der Waals surface area contributed by atoms with Crippen molar-refractivity contribution in [3.8, 4) is 11.5 Å². The molecule has 2 amide bonds. The number of methoxy groups -OCH3 is 2. The highest BCUT2D eigenvalue weighted by atomic mass is 16.5. The van der Waals surface area contributed by atoms with E-state index in [1.165, 1.54) is 14.2 Å². The maximum absolute atomic E-state index is 12.6. The van der Waals surface area contributed by atoms with E-state index in [0.29, 0.717) is 23.6 Å². The molecule has 29 heavy (non-hydrogen) atoms. The van der Waals surface area contributed by atoms with Crippen LogP contribution in [0.25, 0.3) is 0 Å². The molecule has 2 aromatic rings. The summed E-state index contributed by atoms with van der Waals surface area (Å²) in [5.41, 5.74) is 3.47. The molecule has 1 saturated heterocycles. The van der Waals surface area contributed by atoms with Crippen molar-refractivity contribution < 1.29 is 23.8 Å². The molecule has 0 bridgehead atoms. The van der Waals surface area contributed by atoms with Crippen LogP contribution in [0.3, 0.4) is 0 Å². The molecule has 2 aromatic carbocycles. The molecule has 154 valence electrons. The van der Waals surface area contributed by atoms with Crippen LogP contribution in [0.2, 0.25) is 0 Å². The third kappa shape index (κ3) is 5.06. The molecule has 0 aliphatic carbocycles. The van der Waals surface area contributed by atoms with E-state index in [2.05, 4.69) is 11.4 Å². The maximum Gasteiger partial charge on any atom is 0.253 e. The van der Waals surface area contributed by atoms with Crippen molar-refractivity contribution in [1.82, 2.24) is 5.32 Å². The lowest BCUT2D eigenvalue weighted by molar-refractivity contribution is -0.129. The average Bonchev–Trinajstić information content (AvgIpc) is 2.71. The molecule has 0 spiro atoms. The van der Waals surface area contributed by atoms with E-state index in [4.69, 9.17) is 14.2 Å². The van der Waals surface area contributed by atoms with Crippen molar-refractivity contribution in [2.75, 3.05) is 38.8 Å². The summed E-state index contributed by atoms with van der Waals surface area (Å²) in [6, 6.07) is 11.0. The van der Waals surface area contributed by atoms with Gasteiger partial charge in [0.1, 0.15) is 18.1 Å². The van der Waals surface area contributed by atoms with E-state index < -0.39 is 0 Å². The minimum Gasteiger partial charge on any atom is -0.497 e. The van der Waals surface area contributed by atoms with Crippen molar-refractivity contribution in [2.24, 2.45) is 0 Å². The number of amides is 2. The first kappa shape index (κ1) is 20.7. The van der Waals surface area contributed by atoms with Crippen molar-refractivity contribution in [2.45, 2.75) is 20.0 Å². The molecule has 3 rings (SSSR count). The Morgan fingerprint density at radius 2 is 1.69 bits per heavy atom. The molecular formula is C22H26N2O5. The van der Waals surface area contributed by atoms with Gasteiger partial charge in [-0.2, -0.15) is 0 Å². The van der Waals surface area contributed by atoms with Gasteiger partial charge in [0.15, 0.2) is 0 Å². The Bertz CT molecular complexity index is 870. The first-order valence-electron chi connectivity index (χ1n) is 9.41. The van der Waals surface area contributed by atoms with Gasteiger partial charge in [-0.1, -0.05) is 6.07 Å². The zero-order chi connectivity index (χ0) is 21.0. The Labute approximate surface area is 170 Å². The van der Waals surface area contributed by atoms with E-state index >= 15 is 0 Å². The van der Waals surface area contributed by atoms with Crippen LogP contribution in [0.15, 0.2) is 36.4 Å². The molecule has 0 saturated carbocycles. The molecule has 7 heteroatoms. The second kappa shape index (κ2) is 8.96. The Balaban J connectivity index is 1.66. The molecule has 7 nitrogen and oxygen atoms in total. The van der Waals surface area contributed by atoms with Gasteiger partial charge in [0.05, 0.1) is 26.9 Å². The summed E-state index contributed by atoms with van der Waals surface area (Å²) >= 11 is 0. The Hall–Kier alpha value is -3.06. The van der Waals surface area contributed by atoms with Crippen LogP contribution in [-0.2, 0) is 9.53 Å². The minimum atomic E-state index is -0.301. The number of nitrogens with zero attached hydrogens (tertiary/aromatic N) is 1. The summed E-state index contributed by atoms with van der Waals surface area (Å²) in [5.74, 6) is 0.723. The van der Waals surface area contributed by atoms with Crippen LogP contribution in [0.1, 0.15) is 21.5 Å². The topological polar surface area (TPSA) is 77.1 Å². The average molecular weight is 398 g/mol. The third-order valence-corrected chi connectivity index (χ3v) is 4.75. The fraction of sp³-hybridized carbons (Fsp3) is 0.364. The van der Waals surface area contributed by atoms with E-state index in [0.717, 1.165) is 16.8 Å². The lowest BCUT2D eigenvalue weighted by atomic mass is 10.1. The number of benzene rings is 2. The number of ether oxygens (including phenoxy) is 3. The van der Waals surface area contributed by atoms with Gasteiger partial charge in [0.2, 0.25) is 0 Å². The van der Waals surface area contributed by atoms with Gasteiger partial charge in [0, 0.05) is 23.9 Å². The molecule has 1 aliphatic heterocycles. The predicted octanol–water partition coefficient (Wildman–Crippen LogP) is 2.48. The van der Waals surface area contributed by atoms with Crippen molar-refractivity contribution in [3.63, 3.8) is 0 Å². The van der Waals surface area contributed by atoms with Crippen LogP contribution in [-0.4, -0.2) is 51.8 Å². The van der Waals surface area contributed by atoms with Crippen LogP contribution in [0.4, 0.5) is 5.69 Å². The summed E-state index contributed by atoms with van der Waals surface area (Å²) in [6.07, 6.45) is -0.301. The van der Waals surface area contributed by atoms with Gasteiger partial charge in [-0.05, 0) is 49.2 Å². The van der Waals surface area contributed by atoms with Crippen LogP contribution in [0.5, 0.6) is 11.5 Å². The molecule has 1 N–H and O–H groups in total. The zero-order valence-electron chi connectivity index (χ0n) is 17.2. The summed E-state index contributed by atoms with van der Waals surface area (Å²) < 4.78 is 16.0. The van der Waals surface area contributed by atoms with Gasteiger partial charge in [-0.25, -0.2) is 0 Å². The quantitative estimate of drug-likeness (QED) is 0.809. The number of hydrogen-bond donors (Lipinski definition) is 1. The third-order valence-electron chi connectivity index (χ3n) is 4.75. The number of carbonyl (C=O) groups excluding carboxylic acids is 2. The summed E-state index contributed by atoms with van der Waals surface area (Å²) in [7, 11) is 3.07. The number of nitrogens with one attached hydrogen (secondary N) is 1. The molecule has 1 aliphatic rings. The van der Waals surface area contributed by atoms with E-state index in [1.54, 1.807) is 23.1 Å². The Morgan fingerprint density at radius 3 is 2.28 bits per heavy atom. The van der Waals surface area contributed by atoms with Crippen LogP contribution in [0, 0.1) is 13.8 Å². The second-order valence-corrected chi connectivity index (χ2v) is 7.09. The number of anilines is 1. The van der Waals surface area contributed by atoms with Gasteiger partial charge in [0.25, 0.3) is 11.8 Å². The number of rotatable bonds is 6. The fourth-order valence-corrected chi connectivity index (χ4v) is 3.35. The SMILES string of the molecule is COc1cc(OC)cc(C(=O)NCC2CN(c3cc(C)cc(C)c3)C(=O)CO2)c1. The lowest BCUT2D eigenvalue weighted by Gasteiger charge is -2.33. The standard InChI is InChI=1S/C22H26N2O5/c1-14-5-15(2)7-17(6-14)24-12-20(29-13-21(24)25)11-23-22(26)16-8-18(27-3)10-19(9-16)28-4/h5-10,20H,11-13H2,1-4H3,(H,23,26). The number of hydrogen-bond acceptors (Lipinski definition) is 5. The monoisotopic (exact) mass is 398 g/mol. The normalized spacial score (nSPS) is 16.5. The van der Waals surface area contributed by atoms with E-state index in [-0.39, 0.29) is 31.1 Å². The molecule has 1 unspecified atom stereocenters. The van der Waals surface area contributed by atoms with Gasteiger partial charge >= 0.3 is 0 Å². The molecule has 1 fully saturated rings. The lowest BCUT2D eigenvalue weighted by Crippen LogP contribution is -2.50. The summed E-state index contributed by atoms with van der Waals surface area (Å²) in [5, 5.41) is 2.87. The summed E-state index contributed by atoms with van der Waals surface area (Å²) in [4.78, 5) is 26.6. The molecule has 1 atom stereocenters. The zero-order valence-corrected chi connectivity index (χ0v) is 17.2. The number of carbonyl (C=O) groups is 2. The minimum absolute atomic E-state index is 0.0134. The molecule has 1 heterocycles. The number of morpholine rings is 1. The highest BCUT2D eigenvalue weighted by Crippen LogP contribution is 2.23. The second-order valence-electron chi connectivity index (χ2n) is 7.09. The Kier molecular flexibility index (Phi) is 6.39. The van der Waals surface area contributed by atoms with Crippen molar-refractivity contribution in [3.05, 3.63) is 53.1 Å². The van der Waals surface area contributed by atoms with Gasteiger partial charge < -0.3 is 24.4 Å². The first-order valence-corrected chi connectivity index (χ1v) is 9.41. The van der Waals surface area contributed by atoms with Crippen molar-refractivity contribution >= 4 is 17.5 Å². The first-order chi connectivity index (χ1) is 13.9. The van der Waals surface area contributed by atoms with E-state index in [9.17, 15) is 9.59 Å². The highest BCUT2D eigenvalue weighted by molar-refractivity contribution is 5.96. The largest absolute Gasteiger partial charge is 0.497 e. The van der Waals surface area contributed by atoms with Gasteiger partial charge in [-0.15, -0.1) is 0 Å². The van der Waals surface area contributed by atoms with Crippen LogP contribution >= 0.6 is 0 Å². The Morgan fingerprint density at radius 1 is 1.07 bits per heavy atom. The fourth-order valence-electron chi connectivity index (χ4n) is 3.35. The summed E-state index contributed by atoms with van der Waals surface area (Å²) in [6.45, 7) is 4.65. The van der Waals surface area contributed by atoms with E-state index in [1.807, 2.05) is 26.0 Å². The van der Waals surface area contributed by atoms with Gasteiger partial charge in [-0.3, -0.25) is 9.59 Å². The number of aryl methyl sites for hydroxylation is 2.